The van der Waals surface area contributed by atoms with Crippen LogP contribution < -0.4 is 5.32 Å². The van der Waals surface area contributed by atoms with Gasteiger partial charge >= 0.3 is 0 Å². The Hall–Kier alpha value is -4.13. The minimum Gasteiger partial charge on any atom is -0.365 e. The van der Waals surface area contributed by atoms with Crippen LogP contribution in [0.15, 0.2) is 85.7 Å². The molecule has 0 spiro atoms. The van der Waals surface area contributed by atoms with Gasteiger partial charge in [-0.2, -0.15) is 5.10 Å². The van der Waals surface area contributed by atoms with Gasteiger partial charge in [-0.05, 0) is 35.4 Å². The third-order valence-corrected chi connectivity index (χ3v) is 4.82. The Morgan fingerprint density at radius 2 is 1.70 bits per heavy atom. The highest BCUT2D eigenvalue weighted by molar-refractivity contribution is 5.90. The monoisotopic (exact) mass is 393 g/mol. The van der Waals surface area contributed by atoms with Crippen molar-refractivity contribution in [2.45, 2.75) is 13.1 Å². The third kappa shape index (κ3) is 3.86. The molecule has 0 aliphatic carbocycles. The average molecular weight is 393 g/mol. The summed E-state index contributed by atoms with van der Waals surface area (Å²) < 4.78 is 1.81. The van der Waals surface area contributed by atoms with Crippen molar-refractivity contribution in [1.29, 1.82) is 0 Å². The average Bonchev–Trinajstić information content (AvgIpc) is 3.32. The number of anilines is 1. The SMILES string of the molecule is c1cncc(-c2nc(NCc3ccc(Cn4cncn4)cc3)c3ccccc3n2)c1. The van der Waals surface area contributed by atoms with E-state index < -0.39 is 0 Å². The predicted molar refractivity (Wildman–Crippen MR) is 116 cm³/mol. The molecule has 5 aromatic rings. The van der Waals surface area contributed by atoms with Crippen LogP contribution in [0.2, 0.25) is 0 Å². The number of rotatable bonds is 6. The van der Waals surface area contributed by atoms with Gasteiger partial charge in [-0.3, -0.25) is 4.98 Å². The molecule has 0 bridgehead atoms. The van der Waals surface area contributed by atoms with Gasteiger partial charge in [-0.15, -0.1) is 0 Å². The number of nitrogens with zero attached hydrogens (tertiary/aromatic N) is 6. The second-order valence-corrected chi connectivity index (χ2v) is 6.92. The van der Waals surface area contributed by atoms with Crippen molar-refractivity contribution >= 4 is 16.7 Å². The van der Waals surface area contributed by atoms with Crippen molar-refractivity contribution in [3.05, 3.63) is 96.8 Å². The second kappa shape index (κ2) is 8.08. The normalized spacial score (nSPS) is 10.9. The van der Waals surface area contributed by atoms with Gasteiger partial charge in [0.15, 0.2) is 5.82 Å². The van der Waals surface area contributed by atoms with E-state index in [1.54, 1.807) is 29.7 Å². The van der Waals surface area contributed by atoms with Gasteiger partial charge in [0, 0.05) is 29.9 Å². The van der Waals surface area contributed by atoms with E-state index in [2.05, 4.69) is 44.6 Å². The van der Waals surface area contributed by atoms with Crippen LogP contribution in [-0.2, 0) is 13.1 Å². The lowest BCUT2D eigenvalue weighted by molar-refractivity contribution is 0.684. The topological polar surface area (TPSA) is 81.4 Å². The van der Waals surface area contributed by atoms with Gasteiger partial charge in [-0.25, -0.2) is 19.6 Å². The molecule has 0 aliphatic rings. The first-order valence-electron chi connectivity index (χ1n) is 9.66. The van der Waals surface area contributed by atoms with Crippen LogP contribution in [0.1, 0.15) is 11.1 Å². The van der Waals surface area contributed by atoms with Crippen LogP contribution in [0.25, 0.3) is 22.3 Å². The van der Waals surface area contributed by atoms with E-state index >= 15 is 0 Å². The lowest BCUT2D eigenvalue weighted by Gasteiger charge is -2.11. The summed E-state index contributed by atoms with van der Waals surface area (Å²) >= 11 is 0. The van der Waals surface area contributed by atoms with E-state index in [1.807, 2.05) is 36.4 Å². The van der Waals surface area contributed by atoms with Crippen molar-refractivity contribution < 1.29 is 0 Å². The molecule has 5 rings (SSSR count). The zero-order chi connectivity index (χ0) is 20.2. The van der Waals surface area contributed by atoms with Gasteiger partial charge in [0.2, 0.25) is 0 Å². The number of pyridine rings is 1. The molecule has 0 saturated heterocycles. The Labute approximate surface area is 173 Å². The molecule has 1 N–H and O–H groups in total. The highest BCUT2D eigenvalue weighted by Crippen LogP contribution is 2.25. The summed E-state index contributed by atoms with van der Waals surface area (Å²) in [6, 6.07) is 20.3. The van der Waals surface area contributed by atoms with Gasteiger partial charge < -0.3 is 5.32 Å². The molecule has 7 heteroatoms. The Balaban J connectivity index is 1.38. The molecular formula is C23H19N7. The van der Waals surface area contributed by atoms with Crippen LogP contribution in [0.3, 0.4) is 0 Å². The summed E-state index contributed by atoms with van der Waals surface area (Å²) in [7, 11) is 0. The van der Waals surface area contributed by atoms with Crippen LogP contribution in [0.5, 0.6) is 0 Å². The lowest BCUT2D eigenvalue weighted by Crippen LogP contribution is -2.05. The molecule has 0 fully saturated rings. The molecule has 0 unspecified atom stereocenters. The summed E-state index contributed by atoms with van der Waals surface area (Å²) in [5, 5.41) is 8.62. The fraction of sp³-hybridized carbons (Fsp3) is 0.0870. The first-order valence-corrected chi connectivity index (χ1v) is 9.66. The fourth-order valence-electron chi connectivity index (χ4n) is 3.29. The van der Waals surface area contributed by atoms with Crippen LogP contribution in [0.4, 0.5) is 5.82 Å². The number of aromatic nitrogens is 6. The third-order valence-electron chi connectivity index (χ3n) is 4.82. The molecule has 0 saturated carbocycles. The molecule has 7 nitrogen and oxygen atoms in total. The molecule has 3 heterocycles. The minimum atomic E-state index is 0.660. The number of fused-ring (bicyclic) bond motifs is 1. The quantitative estimate of drug-likeness (QED) is 0.471. The predicted octanol–water partition coefficient (Wildman–Crippen LogP) is 3.94. The Kier molecular flexibility index (Phi) is 4.83. The number of benzene rings is 2. The Bertz CT molecular complexity index is 1250. The first-order chi connectivity index (χ1) is 14.8. The summed E-state index contributed by atoms with van der Waals surface area (Å²) in [5.41, 5.74) is 4.14. The zero-order valence-electron chi connectivity index (χ0n) is 16.2. The van der Waals surface area contributed by atoms with Crippen LogP contribution in [-0.4, -0.2) is 29.7 Å². The lowest BCUT2D eigenvalue weighted by atomic mass is 10.1. The summed E-state index contributed by atoms with van der Waals surface area (Å²) in [5.74, 6) is 1.47. The van der Waals surface area contributed by atoms with Gasteiger partial charge in [0.25, 0.3) is 0 Å². The number of hydrogen-bond donors (Lipinski definition) is 1. The van der Waals surface area contributed by atoms with Crippen molar-refractivity contribution in [2.75, 3.05) is 5.32 Å². The molecule has 2 aromatic carbocycles. The van der Waals surface area contributed by atoms with Crippen molar-refractivity contribution in [3.8, 4) is 11.4 Å². The first kappa shape index (κ1) is 17.9. The van der Waals surface area contributed by atoms with Crippen molar-refractivity contribution in [2.24, 2.45) is 0 Å². The maximum Gasteiger partial charge on any atom is 0.163 e. The molecule has 0 atom stereocenters. The smallest absolute Gasteiger partial charge is 0.163 e. The second-order valence-electron chi connectivity index (χ2n) is 6.92. The highest BCUT2D eigenvalue weighted by Gasteiger charge is 2.09. The fourth-order valence-corrected chi connectivity index (χ4v) is 3.29. The van der Waals surface area contributed by atoms with Gasteiger partial charge in [0.1, 0.15) is 18.5 Å². The van der Waals surface area contributed by atoms with E-state index in [4.69, 9.17) is 9.97 Å². The van der Waals surface area contributed by atoms with E-state index in [0.29, 0.717) is 18.9 Å². The van der Waals surface area contributed by atoms with Gasteiger partial charge in [0.05, 0.1) is 12.1 Å². The molecular weight excluding hydrogens is 374 g/mol. The van der Waals surface area contributed by atoms with Crippen LogP contribution in [0, 0.1) is 0 Å². The van der Waals surface area contributed by atoms with E-state index in [-0.39, 0.29) is 0 Å². The molecule has 0 aliphatic heterocycles. The minimum absolute atomic E-state index is 0.660. The molecule has 0 amide bonds. The van der Waals surface area contributed by atoms with E-state index in [1.165, 1.54) is 11.1 Å². The molecule has 3 aromatic heterocycles. The van der Waals surface area contributed by atoms with Crippen LogP contribution >= 0.6 is 0 Å². The Morgan fingerprint density at radius 3 is 2.50 bits per heavy atom. The van der Waals surface area contributed by atoms with Gasteiger partial charge in [-0.1, -0.05) is 36.4 Å². The standard InChI is InChI=1S/C23H19N7/c1-2-6-21-20(5-1)23(29-22(28-21)19-4-3-11-24-13-19)26-12-17-7-9-18(10-8-17)14-30-16-25-15-27-30/h1-11,13,15-16H,12,14H2,(H,26,28,29). The summed E-state index contributed by atoms with van der Waals surface area (Å²) in [6.45, 7) is 1.37. The summed E-state index contributed by atoms with van der Waals surface area (Å²) in [6.07, 6.45) is 6.79. The zero-order valence-corrected chi connectivity index (χ0v) is 16.2. The molecule has 146 valence electrons. The maximum atomic E-state index is 4.77. The van der Waals surface area contributed by atoms with Crippen molar-refractivity contribution in [1.82, 2.24) is 29.7 Å². The van der Waals surface area contributed by atoms with Crippen molar-refractivity contribution in [3.63, 3.8) is 0 Å². The number of para-hydroxylation sites is 1. The number of nitrogens with one attached hydrogen (secondary N) is 1. The summed E-state index contributed by atoms with van der Waals surface area (Å²) in [4.78, 5) is 17.6. The largest absolute Gasteiger partial charge is 0.365 e. The highest BCUT2D eigenvalue weighted by atomic mass is 15.3. The maximum absolute atomic E-state index is 4.77. The van der Waals surface area contributed by atoms with E-state index in [0.717, 1.165) is 22.3 Å². The number of hydrogen-bond acceptors (Lipinski definition) is 6. The molecule has 30 heavy (non-hydrogen) atoms. The Morgan fingerprint density at radius 1 is 0.833 bits per heavy atom. The van der Waals surface area contributed by atoms with E-state index in [9.17, 15) is 0 Å². The molecule has 0 radical (unpaired) electrons.